The molecule has 1 heterocycles. The van der Waals surface area contributed by atoms with Crippen LogP contribution < -0.4 is 5.32 Å². The lowest BCUT2D eigenvalue weighted by Gasteiger charge is -2.24. The van der Waals surface area contributed by atoms with E-state index >= 15 is 0 Å². The van der Waals surface area contributed by atoms with E-state index in [0.717, 1.165) is 12.1 Å². The summed E-state index contributed by atoms with van der Waals surface area (Å²) in [6, 6.07) is 5.02. The van der Waals surface area contributed by atoms with Gasteiger partial charge < -0.3 is 14.8 Å². The zero-order valence-corrected chi connectivity index (χ0v) is 9.33. The van der Waals surface area contributed by atoms with Crippen LogP contribution in [0.15, 0.2) is 18.2 Å². The Hall–Kier alpha value is -0.970. The fraction of sp³-hybridized carbons (Fsp3) is 0.500. The van der Waals surface area contributed by atoms with Crippen LogP contribution in [0.1, 0.15) is 17.2 Å². The van der Waals surface area contributed by atoms with Crippen LogP contribution in [0.25, 0.3) is 0 Å². The summed E-state index contributed by atoms with van der Waals surface area (Å²) in [5.41, 5.74) is 1.58. The molecule has 0 spiro atoms. The molecule has 1 aromatic carbocycles. The number of hydrogen-bond acceptors (Lipinski definition) is 3. The average molecular weight is 225 g/mol. The first-order valence-electron chi connectivity index (χ1n) is 5.41. The second kappa shape index (κ2) is 5.39. The molecule has 4 heteroatoms. The van der Waals surface area contributed by atoms with Gasteiger partial charge in [-0.2, -0.15) is 0 Å². The fourth-order valence-corrected chi connectivity index (χ4v) is 1.86. The standard InChI is InChI=1S/C12H16FNO2/c1-15-8-9-2-3-11(13)10(6-9)12-7-14-4-5-16-12/h2-3,6,12,14H,4-5,7-8H2,1H3. The summed E-state index contributed by atoms with van der Waals surface area (Å²) in [7, 11) is 1.63. The molecule has 16 heavy (non-hydrogen) atoms. The summed E-state index contributed by atoms with van der Waals surface area (Å²) in [4.78, 5) is 0. The Kier molecular flexibility index (Phi) is 3.88. The van der Waals surface area contributed by atoms with Gasteiger partial charge in [-0.05, 0) is 17.7 Å². The van der Waals surface area contributed by atoms with Crippen molar-refractivity contribution in [2.45, 2.75) is 12.7 Å². The Balaban J connectivity index is 2.19. The molecule has 0 radical (unpaired) electrons. The highest BCUT2D eigenvalue weighted by atomic mass is 19.1. The van der Waals surface area contributed by atoms with Crippen molar-refractivity contribution in [3.63, 3.8) is 0 Å². The first-order chi connectivity index (χ1) is 7.81. The third-order valence-corrected chi connectivity index (χ3v) is 2.65. The Labute approximate surface area is 94.6 Å². The van der Waals surface area contributed by atoms with Crippen molar-refractivity contribution >= 4 is 0 Å². The highest BCUT2D eigenvalue weighted by Crippen LogP contribution is 2.23. The monoisotopic (exact) mass is 225 g/mol. The predicted molar refractivity (Wildman–Crippen MR) is 58.7 cm³/mol. The first kappa shape index (κ1) is 11.5. The Bertz CT molecular complexity index is 351. The van der Waals surface area contributed by atoms with Crippen molar-refractivity contribution in [3.8, 4) is 0 Å². The Morgan fingerprint density at radius 2 is 2.44 bits per heavy atom. The van der Waals surface area contributed by atoms with Gasteiger partial charge in [0.15, 0.2) is 0 Å². The zero-order valence-electron chi connectivity index (χ0n) is 9.33. The third-order valence-electron chi connectivity index (χ3n) is 2.65. The molecule has 1 unspecified atom stereocenters. The molecule has 1 aliphatic rings. The van der Waals surface area contributed by atoms with Gasteiger partial charge in [0, 0.05) is 25.8 Å². The third kappa shape index (κ3) is 2.58. The lowest BCUT2D eigenvalue weighted by atomic mass is 10.0. The van der Waals surface area contributed by atoms with Crippen molar-refractivity contribution in [1.29, 1.82) is 0 Å². The minimum absolute atomic E-state index is 0.189. The molecule has 0 bridgehead atoms. The molecule has 3 nitrogen and oxygen atoms in total. The molecule has 1 N–H and O–H groups in total. The van der Waals surface area contributed by atoms with Crippen molar-refractivity contribution in [2.24, 2.45) is 0 Å². The number of halogens is 1. The number of hydrogen-bond donors (Lipinski definition) is 1. The zero-order chi connectivity index (χ0) is 11.4. The van der Waals surface area contributed by atoms with Crippen LogP contribution in [-0.4, -0.2) is 26.8 Å². The highest BCUT2D eigenvalue weighted by Gasteiger charge is 2.19. The van der Waals surface area contributed by atoms with Gasteiger partial charge in [0.2, 0.25) is 0 Å². The van der Waals surface area contributed by atoms with E-state index in [1.807, 2.05) is 6.07 Å². The van der Waals surface area contributed by atoms with Crippen LogP contribution >= 0.6 is 0 Å². The molecular formula is C12H16FNO2. The van der Waals surface area contributed by atoms with Crippen LogP contribution in [0.3, 0.4) is 0 Å². The van der Waals surface area contributed by atoms with Gasteiger partial charge in [-0.1, -0.05) is 6.07 Å². The van der Waals surface area contributed by atoms with Gasteiger partial charge >= 0.3 is 0 Å². The van der Waals surface area contributed by atoms with Gasteiger partial charge in [-0.3, -0.25) is 0 Å². The normalized spacial score (nSPS) is 21.0. The Morgan fingerprint density at radius 3 is 3.12 bits per heavy atom. The summed E-state index contributed by atoms with van der Waals surface area (Å²) < 4.78 is 24.2. The maximum Gasteiger partial charge on any atom is 0.129 e. The largest absolute Gasteiger partial charge is 0.380 e. The van der Waals surface area contributed by atoms with Crippen LogP contribution in [0, 0.1) is 5.82 Å². The number of methoxy groups -OCH3 is 1. The lowest BCUT2D eigenvalue weighted by Crippen LogP contribution is -2.33. The number of ether oxygens (including phenoxy) is 2. The van der Waals surface area contributed by atoms with E-state index in [1.54, 1.807) is 13.2 Å². The summed E-state index contributed by atoms with van der Waals surface area (Å²) >= 11 is 0. The maximum atomic E-state index is 13.6. The van der Waals surface area contributed by atoms with Crippen molar-refractivity contribution in [2.75, 3.05) is 26.8 Å². The number of nitrogens with one attached hydrogen (secondary N) is 1. The van der Waals surface area contributed by atoms with Crippen LogP contribution in [-0.2, 0) is 16.1 Å². The van der Waals surface area contributed by atoms with Gasteiger partial charge in [0.1, 0.15) is 5.82 Å². The topological polar surface area (TPSA) is 30.5 Å². The second-order valence-electron chi connectivity index (χ2n) is 3.85. The van der Waals surface area contributed by atoms with Crippen LogP contribution in [0.2, 0.25) is 0 Å². The number of benzene rings is 1. The quantitative estimate of drug-likeness (QED) is 0.848. The van der Waals surface area contributed by atoms with Gasteiger partial charge in [-0.25, -0.2) is 4.39 Å². The minimum Gasteiger partial charge on any atom is -0.380 e. The minimum atomic E-state index is -0.214. The van der Waals surface area contributed by atoms with E-state index < -0.39 is 0 Å². The summed E-state index contributed by atoms with van der Waals surface area (Å²) in [6.07, 6.45) is -0.189. The predicted octanol–water partition coefficient (Wildman–Crippen LogP) is 1.63. The molecule has 1 fully saturated rings. The van der Waals surface area contributed by atoms with E-state index in [4.69, 9.17) is 9.47 Å². The van der Waals surface area contributed by atoms with Crippen LogP contribution in [0.4, 0.5) is 4.39 Å². The molecule has 2 rings (SSSR count). The number of morpholine rings is 1. The molecule has 88 valence electrons. The molecule has 1 saturated heterocycles. The first-order valence-corrected chi connectivity index (χ1v) is 5.41. The summed E-state index contributed by atoms with van der Waals surface area (Å²) in [5, 5.41) is 3.19. The SMILES string of the molecule is COCc1ccc(F)c(C2CNCCO2)c1. The maximum absolute atomic E-state index is 13.6. The van der Waals surface area contributed by atoms with E-state index in [9.17, 15) is 4.39 Å². The molecule has 1 atom stereocenters. The molecule has 0 amide bonds. The fourth-order valence-electron chi connectivity index (χ4n) is 1.86. The van der Waals surface area contributed by atoms with Crippen LogP contribution in [0.5, 0.6) is 0 Å². The highest BCUT2D eigenvalue weighted by molar-refractivity contribution is 5.27. The van der Waals surface area contributed by atoms with Gasteiger partial charge in [-0.15, -0.1) is 0 Å². The van der Waals surface area contributed by atoms with Crippen molar-refractivity contribution in [3.05, 3.63) is 35.1 Å². The van der Waals surface area contributed by atoms with Crippen molar-refractivity contribution in [1.82, 2.24) is 5.32 Å². The number of rotatable bonds is 3. The van der Waals surface area contributed by atoms with E-state index in [-0.39, 0.29) is 11.9 Å². The second-order valence-corrected chi connectivity index (χ2v) is 3.85. The molecule has 0 aromatic heterocycles. The molecule has 0 aliphatic carbocycles. The molecule has 0 saturated carbocycles. The summed E-state index contributed by atoms with van der Waals surface area (Å²) in [6.45, 7) is 2.61. The Morgan fingerprint density at radius 1 is 1.56 bits per heavy atom. The van der Waals surface area contributed by atoms with Crippen molar-refractivity contribution < 1.29 is 13.9 Å². The van der Waals surface area contributed by atoms with Gasteiger partial charge in [0.05, 0.1) is 19.3 Å². The summed E-state index contributed by atoms with van der Waals surface area (Å²) in [5.74, 6) is -0.214. The van der Waals surface area contributed by atoms with E-state index in [0.29, 0.717) is 25.3 Å². The van der Waals surface area contributed by atoms with E-state index in [2.05, 4.69) is 5.32 Å². The molecule has 1 aromatic rings. The van der Waals surface area contributed by atoms with E-state index in [1.165, 1.54) is 6.07 Å². The molecule has 1 aliphatic heterocycles. The van der Waals surface area contributed by atoms with Gasteiger partial charge in [0.25, 0.3) is 0 Å². The smallest absolute Gasteiger partial charge is 0.129 e. The average Bonchev–Trinajstić information content (AvgIpc) is 2.33. The molecular weight excluding hydrogens is 209 g/mol. The lowest BCUT2D eigenvalue weighted by molar-refractivity contribution is 0.0254.